The molecule has 0 atom stereocenters. The Morgan fingerprint density at radius 1 is 1.47 bits per heavy atom. The Balaban J connectivity index is 2.87. The Morgan fingerprint density at radius 3 is 2.80 bits per heavy atom. The van der Waals surface area contributed by atoms with Crippen molar-refractivity contribution in [1.29, 1.82) is 0 Å². The lowest BCUT2D eigenvalue weighted by molar-refractivity contribution is 0.788. The number of rotatable bonds is 1. The smallest absolute Gasteiger partial charge is 0.256 e. The summed E-state index contributed by atoms with van der Waals surface area (Å²) >= 11 is 0. The molecule has 76 valence electrons. The summed E-state index contributed by atoms with van der Waals surface area (Å²) in [5, 5.41) is 4.11. The highest BCUT2D eigenvalue weighted by atomic mass is 15.3. The molecule has 0 unspecified atom stereocenters. The van der Waals surface area contributed by atoms with Crippen molar-refractivity contribution < 1.29 is 0 Å². The van der Waals surface area contributed by atoms with Gasteiger partial charge in [-0.2, -0.15) is 4.52 Å². The summed E-state index contributed by atoms with van der Waals surface area (Å²) in [7, 11) is 0. The molecule has 2 aromatic heterocycles. The second kappa shape index (κ2) is 3.35. The lowest BCUT2D eigenvalue weighted by Crippen LogP contribution is -2.00. The van der Waals surface area contributed by atoms with Gasteiger partial charge in [0.05, 0.1) is 5.69 Å². The first kappa shape index (κ1) is 9.66. The minimum atomic E-state index is 0.336. The van der Waals surface area contributed by atoms with Crippen LogP contribution in [0.2, 0.25) is 0 Å². The van der Waals surface area contributed by atoms with E-state index in [1.807, 2.05) is 13.0 Å². The van der Waals surface area contributed by atoms with E-state index in [1.54, 1.807) is 4.52 Å². The van der Waals surface area contributed by atoms with Gasteiger partial charge in [-0.3, -0.25) is 0 Å². The Labute approximate surface area is 88.4 Å². The van der Waals surface area contributed by atoms with Crippen LogP contribution in [0.25, 0.3) is 10.4 Å². The number of hydrogen-bond donors (Lipinski definition) is 0. The van der Waals surface area contributed by atoms with Crippen LogP contribution in [0.3, 0.4) is 0 Å². The summed E-state index contributed by atoms with van der Waals surface area (Å²) in [6, 6.07) is 1.85. The second-order valence-electron chi connectivity index (χ2n) is 3.86. The fourth-order valence-corrected chi connectivity index (χ4v) is 1.74. The highest BCUT2D eigenvalue weighted by Crippen LogP contribution is 2.26. The lowest BCUT2D eigenvalue weighted by Gasteiger charge is -2.04. The molecule has 2 heterocycles. The predicted octanol–water partition coefficient (Wildman–Crippen LogP) is 2.71. The molecule has 0 aliphatic rings. The van der Waals surface area contributed by atoms with Gasteiger partial charge in [0.15, 0.2) is 11.8 Å². The van der Waals surface area contributed by atoms with E-state index in [0.717, 1.165) is 16.8 Å². The van der Waals surface area contributed by atoms with Gasteiger partial charge < -0.3 is 4.85 Å². The minimum absolute atomic E-state index is 0.336. The van der Waals surface area contributed by atoms with Gasteiger partial charge in [-0.05, 0) is 24.5 Å². The quantitative estimate of drug-likeness (QED) is 0.663. The topological polar surface area (TPSA) is 34.5 Å². The van der Waals surface area contributed by atoms with E-state index >= 15 is 0 Å². The molecule has 0 bridgehead atoms. The first-order chi connectivity index (χ1) is 7.15. The van der Waals surface area contributed by atoms with Gasteiger partial charge in [0.2, 0.25) is 0 Å². The third-order valence-corrected chi connectivity index (χ3v) is 2.42. The van der Waals surface area contributed by atoms with Crippen LogP contribution < -0.4 is 0 Å². The van der Waals surface area contributed by atoms with Gasteiger partial charge in [0, 0.05) is 0 Å². The monoisotopic (exact) mass is 200 g/mol. The van der Waals surface area contributed by atoms with E-state index in [4.69, 9.17) is 6.57 Å². The van der Waals surface area contributed by atoms with Gasteiger partial charge in [-0.1, -0.05) is 25.5 Å². The Kier molecular flexibility index (Phi) is 2.16. The molecular weight excluding hydrogens is 188 g/mol. The van der Waals surface area contributed by atoms with Gasteiger partial charge in [0.1, 0.15) is 0 Å². The van der Waals surface area contributed by atoms with E-state index in [1.165, 1.54) is 6.33 Å². The molecule has 0 aliphatic heterocycles. The van der Waals surface area contributed by atoms with E-state index in [0.29, 0.717) is 11.7 Å². The normalized spacial score (nSPS) is 10.9. The fourth-order valence-electron chi connectivity index (χ4n) is 1.74. The van der Waals surface area contributed by atoms with Crippen molar-refractivity contribution in [3.8, 4) is 0 Å². The maximum atomic E-state index is 7.06. The highest BCUT2D eigenvalue weighted by Gasteiger charge is 2.16. The van der Waals surface area contributed by atoms with Gasteiger partial charge in [0.25, 0.3) is 5.82 Å². The molecule has 2 rings (SSSR count). The van der Waals surface area contributed by atoms with Crippen LogP contribution in [-0.4, -0.2) is 14.6 Å². The molecule has 0 fully saturated rings. The average molecular weight is 200 g/mol. The van der Waals surface area contributed by atoms with E-state index in [2.05, 4.69) is 28.8 Å². The summed E-state index contributed by atoms with van der Waals surface area (Å²) in [5.41, 5.74) is 3.03. The number of nitrogens with zero attached hydrogens (tertiary/aromatic N) is 4. The van der Waals surface area contributed by atoms with E-state index in [9.17, 15) is 0 Å². The Hall–Kier alpha value is -1.89. The Morgan fingerprint density at radius 2 is 2.20 bits per heavy atom. The number of fused-ring (bicyclic) bond motifs is 1. The number of hydrogen-bond acceptors (Lipinski definition) is 2. The van der Waals surface area contributed by atoms with Crippen LogP contribution in [0.5, 0.6) is 0 Å². The fraction of sp³-hybridized carbons (Fsp3) is 0.364. The molecule has 0 aromatic carbocycles. The molecule has 2 aromatic rings. The average Bonchev–Trinajstić information content (AvgIpc) is 2.55. The van der Waals surface area contributed by atoms with E-state index in [-0.39, 0.29) is 0 Å². The van der Waals surface area contributed by atoms with Crippen molar-refractivity contribution in [2.75, 3.05) is 0 Å². The van der Waals surface area contributed by atoms with Crippen LogP contribution in [0.4, 0.5) is 5.82 Å². The molecular formula is C11H12N4. The van der Waals surface area contributed by atoms with Gasteiger partial charge >= 0.3 is 0 Å². The standard InChI is InChI=1S/C11H12N4/c1-7(2)10-11-8(3)5-9(12-4)15(11)14-6-13-10/h5-7H,1-3H3. The zero-order valence-corrected chi connectivity index (χ0v) is 9.02. The molecule has 4 nitrogen and oxygen atoms in total. The number of aromatic nitrogens is 3. The summed E-state index contributed by atoms with van der Waals surface area (Å²) in [6.45, 7) is 13.2. The molecule has 15 heavy (non-hydrogen) atoms. The summed E-state index contributed by atoms with van der Waals surface area (Å²) in [4.78, 5) is 7.72. The maximum absolute atomic E-state index is 7.06. The van der Waals surface area contributed by atoms with Crippen molar-refractivity contribution in [2.24, 2.45) is 0 Å². The van der Waals surface area contributed by atoms with Crippen LogP contribution in [0.1, 0.15) is 31.0 Å². The van der Waals surface area contributed by atoms with Crippen molar-refractivity contribution in [3.63, 3.8) is 0 Å². The van der Waals surface area contributed by atoms with E-state index < -0.39 is 0 Å². The third kappa shape index (κ3) is 1.37. The zero-order valence-electron chi connectivity index (χ0n) is 9.02. The van der Waals surface area contributed by atoms with Gasteiger partial charge in [-0.25, -0.2) is 4.98 Å². The van der Waals surface area contributed by atoms with Crippen molar-refractivity contribution in [2.45, 2.75) is 26.7 Å². The van der Waals surface area contributed by atoms with Gasteiger partial charge in [-0.15, -0.1) is 0 Å². The largest absolute Gasteiger partial charge is 0.362 e. The number of aryl methyl sites for hydroxylation is 1. The molecule has 4 heteroatoms. The SMILES string of the molecule is [C-]#[N+]c1cc(C)c2c(C(C)C)ncnn12. The molecule has 0 aliphatic carbocycles. The molecule has 0 saturated carbocycles. The summed E-state index contributed by atoms with van der Waals surface area (Å²) in [5.74, 6) is 0.884. The summed E-state index contributed by atoms with van der Waals surface area (Å²) < 4.78 is 1.67. The lowest BCUT2D eigenvalue weighted by atomic mass is 10.1. The molecule has 0 spiro atoms. The second-order valence-corrected chi connectivity index (χ2v) is 3.86. The Bertz CT molecular complexity index is 545. The molecule has 0 radical (unpaired) electrons. The van der Waals surface area contributed by atoms with Crippen molar-refractivity contribution in [3.05, 3.63) is 35.1 Å². The minimum Gasteiger partial charge on any atom is -0.362 e. The van der Waals surface area contributed by atoms with Crippen molar-refractivity contribution >= 4 is 11.3 Å². The first-order valence-electron chi connectivity index (χ1n) is 4.86. The molecule has 0 saturated heterocycles. The highest BCUT2D eigenvalue weighted by molar-refractivity contribution is 5.66. The molecule has 0 amide bonds. The predicted molar refractivity (Wildman–Crippen MR) is 58.1 cm³/mol. The third-order valence-electron chi connectivity index (χ3n) is 2.42. The van der Waals surface area contributed by atoms with Crippen molar-refractivity contribution in [1.82, 2.24) is 14.6 Å². The summed E-state index contributed by atoms with van der Waals surface area (Å²) in [6.07, 6.45) is 1.51. The van der Waals surface area contributed by atoms with Crippen LogP contribution >= 0.6 is 0 Å². The zero-order chi connectivity index (χ0) is 11.0. The van der Waals surface area contributed by atoms with Crippen LogP contribution in [0.15, 0.2) is 12.4 Å². The maximum Gasteiger partial charge on any atom is 0.256 e. The van der Waals surface area contributed by atoms with Crippen LogP contribution in [0, 0.1) is 13.5 Å². The van der Waals surface area contributed by atoms with Crippen LogP contribution in [-0.2, 0) is 0 Å². The first-order valence-corrected chi connectivity index (χ1v) is 4.86. The molecule has 0 N–H and O–H groups in total.